The van der Waals surface area contributed by atoms with Crippen LogP contribution in [0.3, 0.4) is 0 Å². The summed E-state index contributed by atoms with van der Waals surface area (Å²) < 4.78 is 26.8. The molecule has 0 saturated heterocycles. The number of hydrogen-bond donors (Lipinski definition) is 1. The summed E-state index contributed by atoms with van der Waals surface area (Å²) in [6.07, 6.45) is 4.04. The molecule has 0 aromatic heterocycles. The first-order chi connectivity index (χ1) is 8.43. The van der Waals surface area contributed by atoms with Crippen LogP contribution in [-0.2, 0) is 0 Å². The predicted octanol–water partition coefficient (Wildman–Crippen LogP) is 4.47. The standard InChI is InChI=1S/C15H29F2N/c1-4-18-11-14(8-12(2)3)9-13-6-5-7-15(16,17)10-13/h12-14,18H,4-11H2,1-3H3. The van der Waals surface area contributed by atoms with E-state index in [9.17, 15) is 8.78 Å². The zero-order chi connectivity index (χ0) is 13.6. The van der Waals surface area contributed by atoms with Crippen molar-refractivity contribution in [2.75, 3.05) is 13.1 Å². The van der Waals surface area contributed by atoms with E-state index < -0.39 is 5.92 Å². The molecule has 1 aliphatic rings. The van der Waals surface area contributed by atoms with Gasteiger partial charge in [-0.1, -0.05) is 27.2 Å². The van der Waals surface area contributed by atoms with Crippen molar-refractivity contribution in [2.45, 2.75) is 65.2 Å². The van der Waals surface area contributed by atoms with Crippen LogP contribution in [0.25, 0.3) is 0 Å². The summed E-state index contributed by atoms with van der Waals surface area (Å²) in [5, 5.41) is 3.38. The topological polar surface area (TPSA) is 12.0 Å². The first kappa shape index (κ1) is 15.9. The van der Waals surface area contributed by atoms with Gasteiger partial charge in [-0.05, 0) is 50.1 Å². The Morgan fingerprint density at radius 1 is 1.33 bits per heavy atom. The van der Waals surface area contributed by atoms with Gasteiger partial charge in [-0.2, -0.15) is 0 Å². The Bertz CT molecular complexity index is 229. The molecule has 0 aromatic carbocycles. The minimum absolute atomic E-state index is 0.103. The van der Waals surface area contributed by atoms with Gasteiger partial charge in [0.15, 0.2) is 0 Å². The van der Waals surface area contributed by atoms with E-state index in [-0.39, 0.29) is 18.8 Å². The van der Waals surface area contributed by atoms with E-state index in [0.29, 0.717) is 18.3 Å². The van der Waals surface area contributed by atoms with E-state index in [0.717, 1.165) is 32.4 Å². The van der Waals surface area contributed by atoms with Crippen LogP contribution >= 0.6 is 0 Å². The zero-order valence-electron chi connectivity index (χ0n) is 12.1. The summed E-state index contributed by atoms with van der Waals surface area (Å²) in [6, 6.07) is 0. The molecule has 108 valence electrons. The van der Waals surface area contributed by atoms with Gasteiger partial charge in [0.25, 0.3) is 0 Å². The maximum Gasteiger partial charge on any atom is 0.248 e. The van der Waals surface area contributed by atoms with Crippen molar-refractivity contribution in [2.24, 2.45) is 17.8 Å². The Balaban J connectivity index is 2.43. The Hall–Kier alpha value is -0.180. The van der Waals surface area contributed by atoms with Crippen molar-refractivity contribution in [3.8, 4) is 0 Å². The SMILES string of the molecule is CCNCC(CC(C)C)CC1CCCC(F)(F)C1. The molecule has 1 saturated carbocycles. The number of rotatable bonds is 7. The molecule has 2 unspecified atom stereocenters. The van der Waals surface area contributed by atoms with E-state index >= 15 is 0 Å². The van der Waals surface area contributed by atoms with Crippen LogP contribution in [0, 0.1) is 17.8 Å². The number of halogens is 2. The van der Waals surface area contributed by atoms with Gasteiger partial charge < -0.3 is 5.32 Å². The zero-order valence-corrected chi connectivity index (χ0v) is 12.1. The van der Waals surface area contributed by atoms with Gasteiger partial charge in [-0.25, -0.2) is 8.78 Å². The summed E-state index contributed by atoms with van der Waals surface area (Å²) in [6.45, 7) is 8.48. The molecule has 1 aliphatic carbocycles. The average molecular weight is 261 g/mol. The van der Waals surface area contributed by atoms with Crippen LogP contribution in [0.2, 0.25) is 0 Å². The first-order valence-electron chi connectivity index (χ1n) is 7.51. The maximum absolute atomic E-state index is 13.4. The van der Waals surface area contributed by atoms with Gasteiger partial charge >= 0.3 is 0 Å². The predicted molar refractivity (Wildman–Crippen MR) is 73.0 cm³/mol. The molecule has 1 N–H and O–H groups in total. The molecule has 3 heteroatoms. The molecule has 2 atom stereocenters. The fourth-order valence-corrected chi connectivity index (χ4v) is 3.23. The molecular formula is C15H29F2N. The maximum atomic E-state index is 13.4. The fraction of sp³-hybridized carbons (Fsp3) is 1.00. The third-order valence-corrected chi connectivity index (χ3v) is 3.90. The van der Waals surface area contributed by atoms with Gasteiger partial charge in [0.05, 0.1) is 0 Å². The lowest BCUT2D eigenvalue weighted by molar-refractivity contribution is -0.0559. The van der Waals surface area contributed by atoms with Crippen LogP contribution in [0.4, 0.5) is 8.78 Å². The summed E-state index contributed by atoms with van der Waals surface area (Å²) >= 11 is 0. The summed E-state index contributed by atoms with van der Waals surface area (Å²) in [4.78, 5) is 0. The molecule has 0 radical (unpaired) electrons. The number of nitrogens with one attached hydrogen (secondary N) is 1. The third kappa shape index (κ3) is 6.12. The first-order valence-corrected chi connectivity index (χ1v) is 7.51. The average Bonchev–Trinajstić information content (AvgIpc) is 2.23. The molecular weight excluding hydrogens is 232 g/mol. The van der Waals surface area contributed by atoms with Crippen LogP contribution < -0.4 is 5.32 Å². The van der Waals surface area contributed by atoms with Gasteiger partial charge in [-0.3, -0.25) is 0 Å². The molecule has 1 rings (SSSR count). The lowest BCUT2D eigenvalue weighted by atomic mass is 9.79. The molecule has 0 aromatic rings. The largest absolute Gasteiger partial charge is 0.317 e. The van der Waals surface area contributed by atoms with Crippen molar-refractivity contribution in [1.82, 2.24) is 5.32 Å². The second kappa shape index (κ2) is 7.42. The van der Waals surface area contributed by atoms with Crippen molar-refractivity contribution in [3.05, 3.63) is 0 Å². The van der Waals surface area contributed by atoms with Crippen molar-refractivity contribution in [1.29, 1.82) is 0 Å². The minimum atomic E-state index is -2.40. The second-order valence-corrected chi connectivity index (χ2v) is 6.36. The van der Waals surface area contributed by atoms with E-state index in [1.54, 1.807) is 0 Å². The Morgan fingerprint density at radius 3 is 2.61 bits per heavy atom. The van der Waals surface area contributed by atoms with Crippen LogP contribution in [0.15, 0.2) is 0 Å². The molecule has 0 aliphatic heterocycles. The molecule has 0 amide bonds. The molecule has 0 heterocycles. The molecule has 0 spiro atoms. The fourth-order valence-electron chi connectivity index (χ4n) is 3.23. The van der Waals surface area contributed by atoms with Crippen molar-refractivity contribution >= 4 is 0 Å². The number of hydrogen-bond acceptors (Lipinski definition) is 1. The van der Waals surface area contributed by atoms with Crippen LogP contribution in [0.5, 0.6) is 0 Å². The van der Waals surface area contributed by atoms with Crippen LogP contribution in [0.1, 0.15) is 59.3 Å². The van der Waals surface area contributed by atoms with E-state index in [4.69, 9.17) is 0 Å². The highest BCUT2D eigenvalue weighted by Crippen LogP contribution is 2.39. The number of alkyl halides is 2. The summed E-state index contributed by atoms with van der Waals surface area (Å²) in [5.74, 6) is -0.957. The van der Waals surface area contributed by atoms with Gasteiger partial charge in [0.1, 0.15) is 0 Å². The Morgan fingerprint density at radius 2 is 2.06 bits per heavy atom. The lowest BCUT2D eigenvalue weighted by Gasteiger charge is -2.32. The van der Waals surface area contributed by atoms with Crippen molar-refractivity contribution in [3.63, 3.8) is 0 Å². The van der Waals surface area contributed by atoms with Crippen molar-refractivity contribution < 1.29 is 8.78 Å². The van der Waals surface area contributed by atoms with E-state index in [2.05, 4.69) is 26.1 Å². The normalized spacial score (nSPS) is 25.3. The lowest BCUT2D eigenvalue weighted by Crippen LogP contribution is -2.30. The Kier molecular flexibility index (Phi) is 6.54. The van der Waals surface area contributed by atoms with Crippen LogP contribution in [-0.4, -0.2) is 19.0 Å². The molecule has 1 nitrogen and oxygen atoms in total. The summed E-state index contributed by atoms with van der Waals surface area (Å²) in [5.41, 5.74) is 0. The Labute approximate surface area is 111 Å². The van der Waals surface area contributed by atoms with E-state index in [1.807, 2.05) is 0 Å². The second-order valence-electron chi connectivity index (χ2n) is 6.36. The molecule has 18 heavy (non-hydrogen) atoms. The van der Waals surface area contributed by atoms with Gasteiger partial charge in [-0.15, -0.1) is 0 Å². The van der Waals surface area contributed by atoms with E-state index in [1.165, 1.54) is 0 Å². The monoisotopic (exact) mass is 261 g/mol. The molecule has 0 bridgehead atoms. The smallest absolute Gasteiger partial charge is 0.248 e. The third-order valence-electron chi connectivity index (χ3n) is 3.90. The highest BCUT2D eigenvalue weighted by atomic mass is 19.3. The van der Waals surface area contributed by atoms with Gasteiger partial charge in [0, 0.05) is 12.8 Å². The highest BCUT2D eigenvalue weighted by Gasteiger charge is 2.36. The minimum Gasteiger partial charge on any atom is -0.317 e. The quantitative estimate of drug-likeness (QED) is 0.713. The highest BCUT2D eigenvalue weighted by molar-refractivity contribution is 4.80. The summed E-state index contributed by atoms with van der Waals surface area (Å²) in [7, 11) is 0. The molecule has 1 fully saturated rings. The van der Waals surface area contributed by atoms with Gasteiger partial charge in [0.2, 0.25) is 5.92 Å².